The standard InChI is InChI=1S/C23H29ClN2O3/c1-15(2)18-14-26(12-10-20(27)28)21(29)25-23(18,6)17-8-7-16(19(24)13-17)9-11-22(3,4)5/h7-8,13-15H,10,12H2,1-6H3,(H,25,29)(H,27,28)/t23-/m0/s1. The Morgan fingerprint density at radius 2 is 2.00 bits per heavy atom. The van der Waals surface area contributed by atoms with Gasteiger partial charge in [0.2, 0.25) is 0 Å². The topological polar surface area (TPSA) is 69.6 Å². The van der Waals surface area contributed by atoms with Gasteiger partial charge < -0.3 is 15.3 Å². The minimum Gasteiger partial charge on any atom is -0.481 e. The maximum atomic E-state index is 12.7. The zero-order chi connectivity index (χ0) is 22.0. The van der Waals surface area contributed by atoms with Gasteiger partial charge in [0.15, 0.2) is 0 Å². The lowest BCUT2D eigenvalue weighted by Gasteiger charge is -2.42. The van der Waals surface area contributed by atoms with E-state index in [1.807, 2.05) is 59.7 Å². The quantitative estimate of drug-likeness (QED) is 0.664. The predicted molar refractivity (Wildman–Crippen MR) is 116 cm³/mol. The van der Waals surface area contributed by atoms with E-state index >= 15 is 0 Å². The number of carbonyl (C=O) groups is 2. The van der Waals surface area contributed by atoms with Crippen molar-refractivity contribution in [1.82, 2.24) is 10.2 Å². The number of hydrogen-bond acceptors (Lipinski definition) is 2. The summed E-state index contributed by atoms with van der Waals surface area (Å²) in [5, 5.41) is 12.5. The van der Waals surface area contributed by atoms with Crippen LogP contribution in [0.5, 0.6) is 0 Å². The molecule has 0 bridgehead atoms. The predicted octanol–water partition coefficient (Wildman–Crippen LogP) is 4.99. The van der Waals surface area contributed by atoms with Crippen LogP contribution in [0.1, 0.15) is 59.1 Å². The number of rotatable bonds is 5. The number of nitrogens with one attached hydrogen (secondary N) is 1. The number of amides is 2. The summed E-state index contributed by atoms with van der Waals surface area (Å²) in [5.41, 5.74) is 1.71. The summed E-state index contributed by atoms with van der Waals surface area (Å²) in [6.07, 6.45) is 1.66. The van der Waals surface area contributed by atoms with Crippen molar-refractivity contribution in [3.63, 3.8) is 0 Å². The molecule has 5 nitrogen and oxygen atoms in total. The van der Waals surface area contributed by atoms with Crippen molar-refractivity contribution in [3.05, 3.63) is 46.1 Å². The largest absolute Gasteiger partial charge is 0.481 e. The van der Waals surface area contributed by atoms with Crippen molar-refractivity contribution in [2.75, 3.05) is 6.54 Å². The monoisotopic (exact) mass is 416 g/mol. The summed E-state index contributed by atoms with van der Waals surface area (Å²) in [6, 6.07) is 5.33. The van der Waals surface area contributed by atoms with Crippen LogP contribution < -0.4 is 5.32 Å². The number of nitrogens with zero attached hydrogens (tertiary/aromatic N) is 1. The molecule has 2 amide bonds. The zero-order valence-electron chi connectivity index (χ0n) is 17.9. The van der Waals surface area contributed by atoms with Gasteiger partial charge in [-0.3, -0.25) is 4.79 Å². The SMILES string of the molecule is CC(C)C1=CN(CCC(=O)O)C(=O)N[C@@]1(C)c1ccc(C#CC(C)(C)C)c(Cl)c1. The normalized spacial score (nSPS) is 19.4. The van der Waals surface area contributed by atoms with Gasteiger partial charge in [-0.1, -0.05) is 43.4 Å². The number of benzene rings is 1. The van der Waals surface area contributed by atoms with Gasteiger partial charge >= 0.3 is 12.0 Å². The van der Waals surface area contributed by atoms with E-state index in [0.29, 0.717) is 5.02 Å². The zero-order valence-corrected chi connectivity index (χ0v) is 18.6. The molecule has 0 unspecified atom stereocenters. The molecule has 0 saturated carbocycles. The van der Waals surface area contributed by atoms with Crippen LogP contribution in [0, 0.1) is 23.2 Å². The van der Waals surface area contributed by atoms with E-state index in [2.05, 4.69) is 17.2 Å². The number of carboxylic acids is 1. The summed E-state index contributed by atoms with van der Waals surface area (Å²) in [6.45, 7) is 12.3. The summed E-state index contributed by atoms with van der Waals surface area (Å²) < 4.78 is 0. The molecule has 29 heavy (non-hydrogen) atoms. The molecule has 6 heteroatoms. The van der Waals surface area contributed by atoms with Crippen LogP contribution >= 0.6 is 11.6 Å². The second-order valence-electron chi connectivity index (χ2n) is 8.83. The van der Waals surface area contributed by atoms with Gasteiger partial charge in [0.25, 0.3) is 0 Å². The lowest BCUT2D eigenvalue weighted by Crippen LogP contribution is -2.54. The molecule has 1 aromatic rings. The van der Waals surface area contributed by atoms with Crippen molar-refractivity contribution in [3.8, 4) is 11.8 Å². The number of carboxylic acid groups (broad SMARTS) is 1. The van der Waals surface area contributed by atoms with Gasteiger partial charge in [-0.25, -0.2) is 4.79 Å². The Morgan fingerprint density at radius 3 is 2.52 bits per heavy atom. The Morgan fingerprint density at radius 1 is 1.34 bits per heavy atom. The highest BCUT2D eigenvalue weighted by Gasteiger charge is 2.39. The molecule has 2 rings (SSSR count). The van der Waals surface area contributed by atoms with Crippen molar-refractivity contribution in [2.45, 2.75) is 53.5 Å². The summed E-state index contributed by atoms with van der Waals surface area (Å²) >= 11 is 6.51. The summed E-state index contributed by atoms with van der Waals surface area (Å²) in [5.74, 6) is 5.50. The lowest BCUT2D eigenvalue weighted by atomic mass is 9.78. The van der Waals surface area contributed by atoms with Gasteiger partial charge in [-0.2, -0.15) is 0 Å². The molecular weight excluding hydrogens is 388 g/mol. The summed E-state index contributed by atoms with van der Waals surface area (Å²) in [4.78, 5) is 25.0. The van der Waals surface area contributed by atoms with Gasteiger partial charge in [-0.05, 0) is 56.9 Å². The van der Waals surface area contributed by atoms with Crippen molar-refractivity contribution >= 4 is 23.6 Å². The molecule has 1 atom stereocenters. The molecule has 2 N–H and O–H groups in total. The van der Waals surface area contributed by atoms with E-state index in [0.717, 1.165) is 16.7 Å². The molecule has 1 aliphatic heterocycles. The third-order valence-corrected chi connectivity index (χ3v) is 5.11. The Kier molecular flexibility index (Phi) is 6.70. The molecule has 0 aromatic heterocycles. The minimum atomic E-state index is -0.940. The highest BCUT2D eigenvalue weighted by atomic mass is 35.5. The van der Waals surface area contributed by atoms with Gasteiger partial charge in [0, 0.05) is 23.7 Å². The molecule has 0 radical (unpaired) electrons. The molecule has 0 saturated heterocycles. The van der Waals surface area contributed by atoms with Gasteiger partial charge in [0.1, 0.15) is 0 Å². The van der Waals surface area contributed by atoms with E-state index in [9.17, 15) is 9.59 Å². The first-order valence-electron chi connectivity index (χ1n) is 9.69. The second-order valence-corrected chi connectivity index (χ2v) is 9.23. The first-order valence-corrected chi connectivity index (χ1v) is 10.1. The van der Waals surface area contributed by atoms with E-state index in [1.165, 1.54) is 4.90 Å². The van der Waals surface area contributed by atoms with Crippen molar-refractivity contribution in [1.29, 1.82) is 0 Å². The minimum absolute atomic E-state index is 0.112. The molecule has 156 valence electrons. The number of aliphatic carboxylic acids is 1. The van der Waals surface area contributed by atoms with Crippen LogP contribution in [0.15, 0.2) is 30.0 Å². The van der Waals surface area contributed by atoms with E-state index in [4.69, 9.17) is 16.7 Å². The number of hydrogen-bond donors (Lipinski definition) is 2. The van der Waals surface area contributed by atoms with Crippen LogP contribution in [0.4, 0.5) is 4.79 Å². The Bertz CT molecular complexity index is 903. The van der Waals surface area contributed by atoms with E-state index in [1.54, 1.807) is 6.20 Å². The molecule has 1 aromatic carbocycles. The number of halogens is 1. The average molecular weight is 417 g/mol. The molecule has 0 fully saturated rings. The second kappa shape index (κ2) is 8.51. The number of carbonyl (C=O) groups excluding carboxylic acids is 1. The fraction of sp³-hybridized carbons (Fsp3) is 0.478. The fourth-order valence-electron chi connectivity index (χ4n) is 3.24. The molecule has 0 aliphatic carbocycles. The molecule has 0 spiro atoms. The van der Waals surface area contributed by atoms with Crippen LogP contribution in [0.3, 0.4) is 0 Å². The Balaban J connectivity index is 2.44. The first-order chi connectivity index (χ1) is 13.3. The maximum Gasteiger partial charge on any atom is 0.322 e. The van der Waals surface area contributed by atoms with Gasteiger partial charge in [0.05, 0.1) is 17.0 Å². The fourth-order valence-corrected chi connectivity index (χ4v) is 3.47. The lowest BCUT2D eigenvalue weighted by molar-refractivity contribution is -0.137. The summed E-state index contributed by atoms with van der Waals surface area (Å²) in [7, 11) is 0. The van der Waals surface area contributed by atoms with Crippen LogP contribution in [-0.4, -0.2) is 28.6 Å². The molecular formula is C23H29ClN2O3. The first kappa shape index (κ1) is 22.8. The van der Waals surface area contributed by atoms with Gasteiger partial charge in [-0.15, -0.1) is 0 Å². The maximum absolute atomic E-state index is 12.7. The van der Waals surface area contributed by atoms with Crippen LogP contribution in [0.2, 0.25) is 5.02 Å². The number of urea groups is 1. The van der Waals surface area contributed by atoms with Crippen molar-refractivity contribution < 1.29 is 14.7 Å². The third-order valence-electron chi connectivity index (χ3n) is 4.80. The highest BCUT2D eigenvalue weighted by Crippen LogP contribution is 2.38. The highest BCUT2D eigenvalue weighted by molar-refractivity contribution is 6.31. The third kappa shape index (κ3) is 5.55. The van der Waals surface area contributed by atoms with E-state index in [-0.39, 0.29) is 30.3 Å². The Hall–Kier alpha value is -2.45. The smallest absolute Gasteiger partial charge is 0.322 e. The molecule has 1 heterocycles. The van der Waals surface area contributed by atoms with Crippen LogP contribution in [0.25, 0.3) is 0 Å². The van der Waals surface area contributed by atoms with Crippen LogP contribution in [-0.2, 0) is 10.3 Å². The molecule has 1 aliphatic rings. The van der Waals surface area contributed by atoms with E-state index < -0.39 is 11.5 Å². The Labute approximate surface area is 178 Å². The van der Waals surface area contributed by atoms with Crippen molar-refractivity contribution in [2.24, 2.45) is 11.3 Å². The average Bonchev–Trinajstić information content (AvgIpc) is 2.58.